The van der Waals surface area contributed by atoms with Gasteiger partial charge in [0.2, 0.25) is 0 Å². The first-order chi connectivity index (χ1) is 7.16. The van der Waals surface area contributed by atoms with E-state index >= 15 is 0 Å². The van der Waals surface area contributed by atoms with E-state index in [0.717, 1.165) is 0 Å². The molecule has 0 heterocycles. The number of rotatable bonds is 4. The Balaban J connectivity index is 2.84. The van der Waals surface area contributed by atoms with Crippen LogP contribution < -0.4 is 0 Å². The summed E-state index contributed by atoms with van der Waals surface area (Å²) < 4.78 is 59.3. The maximum atomic E-state index is 10.5. The quantitative estimate of drug-likeness (QED) is 0.766. The van der Waals surface area contributed by atoms with Gasteiger partial charge >= 0.3 is 0 Å². The van der Waals surface area contributed by atoms with Gasteiger partial charge in [0.25, 0.3) is 20.2 Å². The van der Waals surface area contributed by atoms with Crippen molar-refractivity contribution in [3.63, 3.8) is 0 Å². The molecule has 90 valence electrons. The van der Waals surface area contributed by atoms with Crippen LogP contribution in [0.3, 0.4) is 0 Å². The van der Waals surface area contributed by atoms with Crippen molar-refractivity contribution in [1.82, 2.24) is 0 Å². The lowest BCUT2D eigenvalue weighted by Crippen LogP contribution is -2.03. The molecular weight excluding hydrogens is 256 g/mol. The zero-order chi connectivity index (χ0) is 12.4. The smallest absolute Gasteiger partial charge is 0.269 e. The molecule has 1 rings (SSSR count). The van der Waals surface area contributed by atoms with Crippen LogP contribution in [0.5, 0.6) is 0 Å². The summed E-state index contributed by atoms with van der Waals surface area (Å²) in [5.74, 6) is -1.06. The summed E-state index contributed by atoms with van der Waals surface area (Å²) in [4.78, 5) is 0. The van der Waals surface area contributed by atoms with E-state index in [2.05, 4.69) is 0 Å². The molecular formula is C8H10O6S2. The predicted octanol–water partition coefficient (Wildman–Crippen LogP) is 0.462. The highest BCUT2D eigenvalue weighted by atomic mass is 32.2. The fraction of sp³-hybridized carbons (Fsp3) is 0.250. The molecule has 0 bridgehead atoms. The van der Waals surface area contributed by atoms with Gasteiger partial charge < -0.3 is 0 Å². The molecule has 0 aromatic heterocycles. The maximum Gasteiger partial charge on any atom is 0.269 e. The third-order valence-corrected chi connectivity index (χ3v) is 3.12. The molecule has 0 fully saturated rings. The lowest BCUT2D eigenvalue weighted by Gasteiger charge is -2.01. The lowest BCUT2D eigenvalue weighted by atomic mass is 10.2. The normalized spacial score (nSPS) is 12.6. The van der Waals surface area contributed by atoms with E-state index < -0.39 is 31.7 Å². The molecule has 0 unspecified atom stereocenters. The molecule has 1 aromatic carbocycles. The van der Waals surface area contributed by atoms with Crippen molar-refractivity contribution >= 4 is 20.2 Å². The second-order valence-electron chi connectivity index (χ2n) is 3.27. The van der Waals surface area contributed by atoms with Crippen molar-refractivity contribution in [3.05, 3.63) is 35.4 Å². The Labute approximate surface area is 93.4 Å². The average Bonchev–Trinajstić information content (AvgIpc) is 2.03. The molecule has 0 aliphatic rings. The Kier molecular flexibility index (Phi) is 3.68. The topological polar surface area (TPSA) is 109 Å². The van der Waals surface area contributed by atoms with Crippen LogP contribution in [0.15, 0.2) is 24.3 Å². The number of hydrogen-bond donors (Lipinski definition) is 2. The minimum absolute atomic E-state index is 0.335. The van der Waals surface area contributed by atoms with Crippen molar-refractivity contribution in [2.75, 3.05) is 0 Å². The van der Waals surface area contributed by atoms with E-state index in [1.165, 1.54) is 24.3 Å². The molecule has 16 heavy (non-hydrogen) atoms. The Morgan fingerprint density at radius 3 is 1.19 bits per heavy atom. The third-order valence-electron chi connectivity index (χ3n) is 1.72. The molecule has 2 N–H and O–H groups in total. The Bertz CT molecular complexity index is 502. The van der Waals surface area contributed by atoms with Crippen molar-refractivity contribution < 1.29 is 25.9 Å². The molecule has 0 spiro atoms. The molecule has 0 atom stereocenters. The van der Waals surface area contributed by atoms with Gasteiger partial charge in [0.15, 0.2) is 0 Å². The van der Waals surface area contributed by atoms with E-state index in [0.29, 0.717) is 11.1 Å². The van der Waals surface area contributed by atoms with Crippen molar-refractivity contribution in [3.8, 4) is 0 Å². The molecule has 0 radical (unpaired) electrons. The van der Waals surface area contributed by atoms with Crippen molar-refractivity contribution in [2.45, 2.75) is 11.5 Å². The molecule has 1 aromatic rings. The minimum Gasteiger partial charge on any atom is -0.285 e. The van der Waals surface area contributed by atoms with E-state index in [1.54, 1.807) is 0 Å². The fourth-order valence-electron chi connectivity index (χ4n) is 1.15. The maximum absolute atomic E-state index is 10.5. The third kappa shape index (κ3) is 5.21. The zero-order valence-corrected chi connectivity index (χ0v) is 9.70. The molecule has 6 nitrogen and oxygen atoms in total. The van der Waals surface area contributed by atoms with Gasteiger partial charge in [0.05, 0.1) is 0 Å². The fourth-order valence-corrected chi connectivity index (χ4v) is 2.38. The van der Waals surface area contributed by atoms with E-state index in [1.807, 2.05) is 0 Å². The summed E-state index contributed by atoms with van der Waals surface area (Å²) in [7, 11) is -8.19. The standard InChI is InChI=1S/C8H10O6S2/c9-15(10,11)5-7-1-2-8(4-3-7)6-16(12,13)14/h1-4H,5-6H2,(H,9,10,11)(H,12,13,14). The Morgan fingerprint density at radius 1 is 0.750 bits per heavy atom. The van der Waals surface area contributed by atoms with Gasteiger partial charge in [-0.2, -0.15) is 16.8 Å². The van der Waals surface area contributed by atoms with E-state index in [9.17, 15) is 16.8 Å². The van der Waals surface area contributed by atoms with Crippen LogP contribution >= 0.6 is 0 Å². The summed E-state index contributed by atoms with van der Waals surface area (Å²) in [5, 5.41) is 0. The summed E-state index contributed by atoms with van der Waals surface area (Å²) >= 11 is 0. The number of hydrogen-bond acceptors (Lipinski definition) is 4. The monoisotopic (exact) mass is 266 g/mol. The van der Waals surface area contributed by atoms with E-state index in [4.69, 9.17) is 9.11 Å². The first kappa shape index (κ1) is 13.1. The highest BCUT2D eigenvalue weighted by Gasteiger charge is 2.09. The predicted molar refractivity (Wildman–Crippen MR) is 56.9 cm³/mol. The first-order valence-corrected chi connectivity index (χ1v) is 7.36. The average molecular weight is 266 g/mol. The second-order valence-corrected chi connectivity index (χ2v) is 6.17. The van der Waals surface area contributed by atoms with Crippen LogP contribution in [0.4, 0.5) is 0 Å². The van der Waals surface area contributed by atoms with Gasteiger partial charge in [-0.3, -0.25) is 9.11 Å². The minimum atomic E-state index is -4.09. The van der Waals surface area contributed by atoms with Crippen LogP contribution in [0.1, 0.15) is 11.1 Å². The molecule has 0 aliphatic carbocycles. The van der Waals surface area contributed by atoms with Gasteiger partial charge in [-0.15, -0.1) is 0 Å². The van der Waals surface area contributed by atoms with Crippen LogP contribution in [-0.4, -0.2) is 25.9 Å². The summed E-state index contributed by atoms with van der Waals surface area (Å²) in [6, 6.07) is 5.48. The summed E-state index contributed by atoms with van der Waals surface area (Å²) in [6.45, 7) is 0. The Morgan fingerprint density at radius 2 is 1.00 bits per heavy atom. The molecule has 0 aliphatic heterocycles. The van der Waals surface area contributed by atoms with Gasteiger partial charge in [-0.05, 0) is 11.1 Å². The van der Waals surface area contributed by atoms with Crippen LogP contribution in [0.25, 0.3) is 0 Å². The van der Waals surface area contributed by atoms with Gasteiger partial charge in [0, 0.05) is 0 Å². The van der Waals surface area contributed by atoms with Crippen molar-refractivity contribution in [1.29, 1.82) is 0 Å². The molecule has 0 saturated heterocycles. The first-order valence-electron chi connectivity index (χ1n) is 4.14. The number of benzene rings is 1. The SMILES string of the molecule is O=S(=O)(O)Cc1ccc(CS(=O)(=O)O)cc1. The van der Waals surface area contributed by atoms with E-state index in [-0.39, 0.29) is 0 Å². The molecule has 0 saturated carbocycles. The summed E-state index contributed by atoms with van der Waals surface area (Å²) in [5.41, 5.74) is 0.670. The summed E-state index contributed by atoms with van der Waals surface area (Å²) in [6.07, 6.45) is 0. The van der Waals surface area contributed by atoms with Crippen molar-refractivity contribution in [2.24, 2.45) is 0 Å². The largest absolute Gasteiger partial charge is 0.285 e. The molecule has 0 amide bonds. The van der Waals surface area contributed by atoms with Crippen LogP contribution in [0.2, 0.25) is 0 Å². The van der Waals surface area contributed by atoms with Crippen LogP contribution in [-0.2, 0) is 31.7 Å². The van der Waals surface area contributed by atoms with Gasteiger partial charge in [0.1, 0.15) is 11.5 Å². The second kappa shape index (κ2) is 4.50. The Hall–Kier alpha value is -0.960. The highest BCUT2D eigenvalue weighted by molar-refractivity contribution is 7.85. The lowest BCUT2D eigenvalue weighted by molar-refractivity contribution is 0.479. The molecule has 8 heteroatoms. The van der Waals surface area contributed by atoms with Crippen LogP contribution in [0, 0.1) is 0 Å². The highest BCUT2D eigenvalue weighted by Crippen LogP contribution is 2.09. The van der Waals surface area contributed by atoms with Gasteiger partial charge in [-0.25, -0.2) is 0 Å². The van der Waals surface area contributed by atoms with Gasteiger partial charge in [-0.1, -0.05) is 24.3 Å². The zero-order valence-electron chi connectivity index (χ0n) is 8.07.